The number of nitrogens with one attached hydrogen (secondary N) is 1. The van der Waals surface area contributed by atoms with E-state index in [0.29, 0.717) is 22.9 Å². The second-order valence-corrected chi connectivity index (χ2v) is 7.09. The number of hydrogen-bond acceptors (Lipinski definition) is 6. The van der Waals surface area contributed by atoms with Gasteiger partial charge in [0.05, 0.1) is 29.3 Å². The maximum atomic E-state index is 11.7. The second-order valence-electron chi connectivity index (χ2n) is 7.09. The summed E-state index contributed by atoms with van der Waals surface area (Å²) in [6.45, 7) is 1.79. The fourth-order valence-electron chi connectivity index (χ4n) is 3.94. The van der Waals surface area contributed by atoms with Gasteiger partial charge in [0.25, 0.3) is 0 Å². The molecule has 0 fully saturated rings. The Hall–Kier alpha value is -3.48. The van der Waals surface area contributed by atoms with Crippen LogP contribution in [-0.4, -0.2) is 22.0 Å². The van der Waals surface area contributed by atoms with Gasteiger partial charge in [0.2, 0.25) is 0 Å². The Morgan fingerprint density at radius 1 is 1.17 bits per heavy atom. The number of aryl methyl sites for hydroxylation is 2. The van der Waals surface area contributed by atoms with Crippen LogP contribution < -0.4 is 10.1 Å². The maximum absolute atomic E-state index is 11.7. The standard InChI is InChI=1S/C22H22N4O3/c1-14-23-19(17-10-6-12-20(29-2)22(17)26(27)28)13-21(24-14)25-18-11-5-8-15-7-3-4-9-16(15)18/h3-4,6-7,9-10,12-13,18H,5,8,11H2,1-2H3,(H,23,24,25)/t18-/m1/s1. The number of nitro benzene ring substituents is 1. The number of para-hydroxylation sites is 1. The molecule has 0 bridgehead atoms. The molecule has 1 aliphatic carbocycles. The molecule has 0 amide bonds. The first-order valence-corrected chi connectivity index (χ1v) is 9.58. The van der Waals surface area contributed by atoms with Crippen molar-refractivity contribution in [2.45, 2.75) is 32.2 Å². The van der Waals surface area contributed by atoms with Crippen molar-refractivity contribution < 1.29 is 9.66 Å². The molecule has 1 aromatic heterocycles. The lowest BCUT2D eigenvalue weighted by Crippen LogP contribution is -2.18. The highest BCUT2D eigenvalue weighted by Crippen LogP contribution is 2.38. The summed E-state index contributed by atoms with van der Waals surface area (Å²) in [5.41, 5.74) is 3.44. The van der Waals surface area contributed by atoms with Crippen molar-refractivity contribution in [1.82, 2.24) is 9.97 Å². The molecule has 7 heteroatoms. The molecule has 1 atom stereocenters. The third-order valence-electron chi connectivity index (χ3n) is 5.21. The number of aromatic nitrogens is 2. The number of nitro groups is 1. The van der Waals surface area contributed by atoms with Gasteiger partial charge in [0.1, 0.15) is 11.6 Å². The highest BCUT2D eigenvalue weighted by Gasteiger charge is 2.24. The van der Waals surface area contributed by atoms with E-state index in [1.54, 1.807) is 31.2 Å². The molecule has 1 N–H and O–H groups in total. The number of nitrogens with zero attached hydrogens (tertiary/aromatic N) is 3. The lowest BCUT2D eigenvalue weighted by Gasteiger charge is -2.27. The topological polar surface area (TPSA) is 90.2 Å². The van der Waals surface area contributed by atoms with Crippen molar-refractivity contribution in [2.75, 3.05) is 12.4 Å². The fraction of sp³-hybridized carbons (Fsp3) is 0.273. The second kappa shape index (κ2) is 7.87. The van der Waals surface area contributed by atoms with Gasteiger partial charge in [-0.3, -0.25) is 10.1 Å². The van der Waals surface area contributed by atoms with E-state index in [9.17, 15) is 10.1 Å². The van der Waals surface area contributed by atoms with Crippen molar-refractivity contribution in [1.29, 1.82) is 0 Å². The molecule has 1 aliphatic rings. The molecule has 148 valence electrons. The monoisotopic (exact) mass is 390 g/mol. The molecule has 0 saturated heterocycles. The number of benzene rings is 2. The molecule has 2 aromatic carbocycles. The largest absolute Gasteiger partial charge is 0.490 e. The quantitative estimate of drug-likeness (QED) is 0.494. The van der Waals surface area contributed by atoms with E-state index in [2.05, 4.69) is 39.6 Å². The number of rotatable bonds is 5. The van der Waals surface area contributed by atoms with Crippen LogP contribution in [-0.2, 0) is 6.42 Å². The van der Waals surface area contributed by atoms with Gasteiger partial charge in [0, 0.05) is 6.07 Å². The van der Waals surface area contributed by atoms with Gasteiger partial charge in [-0.15, -0.1) is 0 Å². The average Bonchev–Trinajstić information content (AvgIpc) is 2.73. The molecule has 0 saturated carbocycles. The Morgan fingerprint density at radius 3 is 2.79 bits per heavy atom. The van der Waals surface area contributed by atoms with Crippen molar-refractivity contribution in [3.63, 3.8) is 0 Å². The first-order valence-electron chi connectivity index (χ1n) is 9.58. The van der Waals surface area contributed by atoms with Crippen LogP contribution in [0, 0.1) is 17.0 Å². The Bertz CT molecular complexity index is 1070. The summed E-state index contributed by atoms with van der Waals surface area (Å²) in [6, 6.07) is 15.3. The molecule has 3 aromatic rings. The Labute approximate surface area is 168 Å². The Kier molecular flexibility index (Phi) is 5.12. The van der Waals surface area contributed by atoms with Gasteiger partial charge in [0.15, 0.2) is 5.75 Å². The minimum atomic E-state index is -0.434. The molecular formula is C22H22N4O3. The summed E-state index contributed by atoms with van der Waals surface area (Å²) in [4.78, 5) is 20.2. The highest BCUT2D eigenvalue weighted by atomic mass is 16.6. The van der Waals surface area contributed by atoms with E-state index in [1.165, 1.54) is 18.2 Å². The molecule has 29 heavy (non-hydrogen) atoms. The first-order chi connectivity index (χ1) is 14.1. The Morgan fingerprint density at radius 2 is 2.00 bits per heavy atom. The summed E-state index contributed by atoms with van der Waals surface area (Å²) >= 11 is 0. The van der Waals surface area contributed by atoms with E-state index in [4.69, 9.17) is 4.74 Å². The van der Waals surface area contributed by atoms with Crippen LogP contribution in [0.1, 0.15) is 35.8 Å². The lowest BCUT2D eigenvalue weighted by molar-refractivity contribution is -0.385. The van der Waals surface area contributed by atoms with E-state index in [-0.39, 0.29) is 17.5 Å². The lowest BCUT2D eigenvalue weighted by atomic mass is 9.88. The smallest absolute Gasteiger partial charge is 0.320 e. The summed E-state index contributed by atoms with van der Waals surface area (Å²) in [6.07, 6.45) is 3.19. The average molecular weight is 390 g/mol. The summed E-state index contributed by atoms with van der Waals surface area (Å²) in [7, 11) is 1.42. The minimum Gasteiger partial charge on any atom is -0.490 e. The Balaban J connectivity index is 1.73. The van der Waals surface area contributed by atoms with E-state index in [1.807, 2.05) is 0 Å². The van der Waals surface area contributed by atoms with Crippen molar-refractivity contribution >= 4 is 11.5 Å². The number of ether oxygens (including phenoxy) is 1. The van der Waals surface area contributed by atoms with Gasteiger partial charge in [-0.1, -0.05) is 30.3 Å². The molecule has 1 heterocycles. The van der Waals surface area contributed by atoms with Crippen molar-refractivity contribution in [3.05, 3.63) is 75.6 Å². The predicted octanol–water partition coefficient (Wildman–Crippen LogP) is 4.86. The van der Waals surface area contributed by atoms with Crippen LogP contribution in [0.25, 0.3) is 11.3 Å². The van der Waals surface area contributed by atoms with Crippen LogP contribution in [0.15, 0.2) is 48.5 Å². The third-order valence-corrected chi connectivity index (χ3v) is 5.21. The summed E-state index contributed by atoms with van der Waals surface area (Å²) in [5.74, 6) is 1.41. The zero-order valence-electron chi connectivity index (χ0n) is 16.4. The maximum Gasteiger partial charge on any atom is 0.320 e. The van der Waals surface area contributed by atoms with Gasteiger partial charge in [-0.2, -0.15) is 0 Å². The third kappa shape index (κ3) is 3.76. The van der Waals surface area contributed by atoms with Crippen LogP contribution in [0.5, 0.6) is 5.75 Å². The van der Waals surface area contributed by atoms with E-state index in [0.717, 1.165) is 19.3 Å². The number of fused-ring (bicyclic) bond motifs is 1. The van der Waals surface area contributed by atoms with Crippen molar-refractivity contribution in [3.8, 4) is 17.0 Å². The summed E-state index contributed by atoms with van der Waals surface area (Å²) < 4.78 is 5.19. The molecule has 0 spiro atoms. The molecule has 0 radical (unpaired) electrons. The van der Waals surface area contributed by atoms with Crippen LogP contribution in [0.2, 0.25) is 0 Å². The molecule has 0 aliphatic heterocycles. The van der Waals surface area contributed by atoms with Crippen molar-refractivity contribution in [2.24, 2.45) is 0 Å². The minimum absolute atomic E-state index is 0.0953. The molecular weight excluding hydrogens is 368 g/mol. The first kappa shape index (κ1) is 18.9. The fourth-order valence-corrected chi connectivity index (χ4v) is 3.94. The van der Waals surface area contributed by atoms with Gasteiger partial charge < -0.3 is 10.1 Å². The number of methoxy groups -OCH3 is 1. The molecule has 7 nitrogen and oxygen atoms in total. The van der Waals surface area contributed by atoms with Gasteiger partial charge >= 0.3 is 5.69 Å². The number of hydrogen-bond donors (Lipinski definition) is 1. The van der Waals surface area contributed by atoms with Gasteiger partial charge in [-0.05, 0) is 49.4 Å². The van der Waals surface area contributed by atoms with E-state index < -0.39 is 4.92 Å². The predicted molar refractivity (Wildman–Crippen MR) is 111 cm³/mol. The number of anilines is 1. The van der Waals surface area contributed by atoms with Crippen LogP contribution >= 0.6 is 0 Å². The van der Waals surface area contributed by atoms with Gasteiger partial charge in [-0.25, -0.2) is 9.97 Å². The normalized spacial score (nSPS) is 15.4. The summed E-state index contributed by atoms with van der Waals surface area (Å²) in [5, 5.41) is 15.2. The SMILES string of the molecule is COc1cccc(-c2cc(N[C@@H]3CCCc4ccccc43)nc(C)n2)c1[N+](=O)[O-]. The molecule has 4 rings (SSSR count). The highest BCUT2D eigenvalue weighted by molar-refractivity contribution is 5.76. The molecule has 0 unspecified atom stereocenters. The van der Waals surface area contributed by atoms with Crippen LogP contribution in [0.4, 0.5) is 11.5 Å². The van der Waals surface area contributed by atoms with Crippen LogP contribution in [0.3, 0.4) is 0 Å². The van der Waals surface area contributed by atoms with E-state index >= 15 is 0 Å². The zero-order valence-corrected chi connectivity index (χ0v) is 16.4. The zero-order chi connectivity index (χ0) is 20.4.